The van der Waals surface area contributed by atoms with Gasteiger partial charge in [-0.05, 0) is 12.3 Å². The Morgan fingerprint density at radius 2 is 2.06 bits per heavy atom. The van der Waals surface area contributed by atoms with Gasteiger partial charge in [-0.15, -0.1) is 0 Å². The topological polar surface area (TPSA) is 84.2 Å². The van der Waals surface area contributed by atoms with E-state index >= 15 is 0 Å². The van der Waals surface area contributed by atoms with Crippen molar-refractivity contribution in [2.75, 3.05) is 24.6 Å². The second-order valence-corrected chi connectivity index (χ2v) is 4.93. The molecular weight excluding hydrogens is 226 g/mol. The fourth-order valence-corrected chi connectivity index (χ4v) is 1.50. The Morgan fingerprint density at radius 1 is 1.38 bits per heavy atom. The van der Waals surface area contributed by atoms with Gasteiger partial charge in [0, 0.05) is 18.8 Å². The number of rotatable bonds is 7. The van der Waals surface area contributed by atoms with Crippen molar-refractivity contribution in [1.29, 1.82) is 0 Å². The minimum Gasteiger partial charge on any atom is -0.338 e. The number of hydrogen-bond acceptors (Lipinski definition) is 4. The Bertz CT molecular complexity index is 222. The molecule has 0 radical (unpaired) electrons. The lowest BCUT2D eigenvalue weighted by atomic mass is 10.1. The Morgan fingerprint density at radius 3 is 2.62 bits per heavy atom. The van der Waals surface area contributed by atoms with Gasteiger partial charge in [0.15, 0.2) is 0 Å². The predicted octanol–water partition coefficient (Wildman–Crippen LogP) is 0.550. The third-order valence-corrected chi connectivity index (χ3v) is 2.75. The number of nitrogens with two attached hydrogens (primary N) is 1. The summed E-state index contributed by atoms with van der Waals surface area (Å²) in [7, 11) is 0. The Kier molecular flexibility index (Phi) is 9.03. The first kappa shape index (κ1) is 15.2. The molecule has 3 amide bonds. The average molecular weight is 247 g/mol. The van der Waals surface area contributed by atoms with Crippen molar-refractivity contribution in [3.8, 4) is 0 Å². The first-order valence-electron chi connectivity index (χ1n) is 5.41. The van der Waals surface area contributed by atoms with Crippen LogP contribution in [-0.4, -0.2) is 36.5 Å². The fraction of sp³-hybridized carbons (Fsp3) is 0.800. The van der Waals surface area contributed by atoms with Gasteiger partial charge in [-0.3, -0.25) is 10.1 Å². The summed E-state index contributed by atoms with van der Waals surface area (Å²) in [5.41, 5.74) is 5.28. The summed E-state index contributed by atoms with van der Waals surface area (Å²) in [6, 6.07) is -0.418. The number of nitrogens with one attached hydrogen (secondary N) is 2. The van der Waals surface area contributed by atoms with Crippen LogP contribution in [0.15, 0.2) is 0 Å². The van der Waals surface area contributed by atoms with Crippen LogP contribution < -0.4 is 16.4 Å². The molecule has 0 heterocycles. The molecule has 0 rings (SSSR count). The second kappa shape index (κ2) is 9.47. The van der Waals surface area contributed by atoms with E-state index in [2.05, 4.69) is 24.5 Å². The molecule has 0 aromatic carbocycles. The SMILES string of the molecule is CC(C)CCNC(=O)NC(=O)CSCCN. The molecule has 0 atom stereocenters. The van der Waals surface area contributed by atoms with E-state index in [1.54, 1.807) is 0 Å². The summed E-state index contributed by atoms with van der Waals surface area (Å²) in [6.45, 7) is 5.29. The molecule has 0 aromatic heterocycles. The largest absolute Gasteiger partial charge is 0.338 e. The summed E-state index contributed by atoms with van der Waals surface area (Å²) in [5.74, 6) is 1.26. The molecule has 0 bridgehead atoms. The standard InChI is InChI=1S/C10H21N3O2S/c1-8(2)3-5-12-10(15)13-9(14)7-16-6-4-11/h8H,3-7,11H2,1-2H3,(H2,12,13,14,15). The highest BCUT2D eigenvalue weighted by atomic mass is 32.2. The minimum absolute atomic E-state index is 0.273. The maximum absolute atomic E-state index is 11.2. The predicted molar refractivity (Wildman–Crippen MR) is 67.4 cm³/mol. The van der Waals surface area contributed by atoms with Crippen LogP contribution >= 0.6 is 11.8 Å². The molecule has 0 saturated carbocycles. The fourth-order valence-electron chi connectivity index (χ4n) is 0.929. The van der Waals surface area contributed by atoms with Crippen LogP contribution in [0.25, 0.3) is 0 Å². The number of thioether (sulfide) groups is 1. The van der Waals surface area contributed by atoms with Gasteiger partial charge in [0.1, 0.15) is 0 Å². The van der Waals surface area contributed by atoms with Gasteiger partial charge in [0.2, 0.25) is 5.91 Å². The molecule has 4 N–H and O–H groups in total. The zero-order valence-electron chi connectivity index (χ0n) is 9.91. The minimum atomic E-state index is -0.418. The highest BCUT2D eigenvalue weighted by molar-refractivity contribution is 7.99. The zero-order chi connectivity index (χ0) is 12.4. The van der Waals surface area contributed by atoms with E-state index in [4.69, 9.17) is 5.73 Å². The first-order chi connectivity index (χ1) is 7.56. The van der Waals surface area contributed by atoms with Crippen molar-refractivity contribution in [2.24, 2.45) is 11.7 Å². The molecule has 0 aliphatic carbocycles. The molecule has 0 aromatic rings. The van der Waals surface area contributed by atoms with Gasteiger partial charge in [0.05, 0.1) is 5.75 Å². The second-order valence-electron chi connectivity index (χ2n) is 3.83. The number of urea groups is 1. The average Bonchev–Trinajstić information content (AvgIpc) is 2.17. The normalized spacial score (nSPS) is 10.2. The van der Waals surface area contributed by atoms with E-state index in [1.165, 1.54) is 11.8 Å². The third-order valence-electron chi connectivity index (χ3n) is 1.76. The number of amides is 3. The van der Waals surface area contributed by atoms with Crippen molar-refractivity contribution in [3.05, 3.63) is 0 Å². The van der Waals surface area contributed by atoms with Crippen LogP contribution in [0.5, 0.6) is 0 Å². The molecule has 0 aliphatic rings. The van der Waals surface area contributed by atoms with Crippen molar-refractivity contribution in [1.82, 2.24) is 10.6 Å². The maximum atomic E-state index is 11.2. The Labute approximate surface area is 101 Å². The van der Waals surface area contributed by atoms with Gasteiger partial charge in [-0.1, -0.05) is 13.8 Å². The van der Waals surface area contributed by atoms with Gasteiger partial charge in [-0.25, -0.2) is 4.79 Å². The van der Waals surface area contributed by atoms with Crippen molar-refractivity contribution in [3.63, 3.8) is 0 Å². The van der Waals surface area contributed by atoms with E-state index in [0.717, 1.165) is 12.2 Å². The molecule has 0 unspecified atom stereocenters. The lowest BCUT2D eigenvalue weighted by Gasteiger charge is -2.07. The van der Waals surface area contributed by atoms with E-state index in [9.17, 15) is 9.59 Å². The van der Waals surface area contributed by atoms with E-state index in [1.807, 2.05) is 0 Å². The summed E-state index contributed by atoms with van der Waals surface area (Å²) in [6.07, 6.45) is 0.906. The van der Waals surface area contributed by atoms with Gasteiger partial charge < -0.3 is 11.1 Å². The highest BCUT2D eigenvalue weighted by Crippen LogP contribution is 1.97. The molecule has 0 saturated heterocycles. The monoisotopic (exact) mass is 247 g/mol. The summed E-state index contributed by atoms with van der Waals surface area (Å²) in [4.78, 5) is 22.4. The molecule has 16 heavy (non-hydrogen) atoms. The number of imide groups is 1. The molecule has 0 fully saturated rings. The molecule has 94 valence electrons. The zero-order valence-corrected chi connectivity index (χ0v) is 10.7. The highest BCUT2D eigenvalue weighted by Gasteiger charge is 2.06. The molecule has 6 heteroatoms. The van der Waals surface area contributed by atoms with Crippen LogP contribution in [-0.2, 0) is 4.79 Å². The van der Waals surface area contributed by atoms with Crippen LogP contribution in [0.2, 0.25) is 0 Å². The lowest BCUT2D eigenvalue weighted by Crippen LogP contribution is -2.41. The van der Waals surface area contributed by atoms with Crippen LogP contribution in [0, 0.1) is 5.92 Å². The number of carbonyl (C=O) groups excluding carboxylic acids is 2. The van der Waals surface area contributed by atoms with Crippen LogP contribution in [0.4, 0.5) is 4.79 Å². The molecular formula is C10H21N3O2S. The molecule has 5 nitrogen and oxygen atoms in total. The van der Waals surface area contributed by atoms with Crippen molar-refractivity contribution >= 4 is 23.7 Å². The smallest absolute Gasteiger partial charge is 0.321 e. The summed E-state index contributed by atoms with van der Waals surface area (Å²) in [5, 5.41) is 4.89. The first-order valence-corrected chi connectivity index (χ1v) is 6.57. The molecule has 0 aliphatic heterocycles. The Hall–Kier alpha value is -0.750. The maximum Gasteiger partial charge on any atom is 0.321 e. The van der Waals surface area contributed by atoms with Crippen LogP contribution in [0.1, 0.15) is 20.3 Å². The van der Waals surface area contributed by atoms with Crippen molar-refractivity contribution < 1.29 is 9.59 Å². The van der Waals surface area contributed by atoms with Gasteiger partial charge >= 0.3 is 6.03 Å². The van der Waals surface area contributed by atoms with Crippen LogP contribution in [0.3, 0.4) is 0 Å². The number of hydrogen-bond donors (Lipinski definition) is 3. The quantitative estimate of drug-likeness (QED) is 0.574. The van der Waals surface area contributed by atoms with E-state index in [-0.39, 0.29) is 11.7 Å². The van der Waals surface area contributed by atoms with Crippen molar-refractivity contribution in [2.45, 2.75) is 20.3 Å². The lowest BCUT2D eigenvalue weighted by molar-refractivity contribution is -0.117. The van der Waals surface area contributed by atoms with E-state index < -0.39 is 6.03 Å². The van der Waals surface area contributed by atoms with Gasteiger partial charge in [-0.2, -0.15) is 11.8 Å². The Balaban J connectivity index is 3.50. The summed E-state index contributed by atoms with van der Waals surface area (Å²) < 4.78 is 0. The number of carbonyl (C=O) groups is 2. The van der Waals surface area contributed by atoms with Gasteiger partial charge in [0.25, 0.3) is 0 Å². The molecule has 0 spiro atoms. The summed E-state index contributed by atoms with van der Waals surface area (Å²) >= 11 is 1.42. The third kappa shape index (κ3) is 9.79. The van der Waals surface area contributed by atoms with E-state index in [0.29, 0.717) is 19.0 Å².